The van der Waals surface area contributed by atoms with Gasteiger partial charge in [-0.3, -0.25) is 15.9 Å². The summed E-state index contributed by atoms with van der Waals surface area (Å²) in [4.78, 5) is 7.11. The van der Waals surface area contributed by atoms with Gasteiger partial charge in [0.25, 0.3) is 0 Å². The third-order valence-corrected chi connectivity index (χ3v) is 6.26. The fourth-order valence-electron chi connectivity index (χ4n) is 3.69. The molecule has 0 spiro atoms. The second-order valence-electron chi connectivity index (χ2n) is 7.07. The highest BCUT2D eigenvalue weighted by atomic mass is 32.2. The molecule has 1 unspecified atom stereocenters. The average molecular weight is 405 g/mol. The van der Waals surface area contributed by atoms with Crippen molar-refractivity contribution >= 4 is 46.1 Å². The van der Waals surface area contributed by atoms with E-state index in [1.54, 1.807) is 11.9 Å². The van der Waals surface area contributed by atoms with E-state index < -0.39 is 0 Å². The predicted octanol–water partition coefficient (Wildman–Crippen LogP) is 3.61. The van der Waals surface area contributed by atoms with Gasteiger partial charge < -0.3 is 10.3 Å². The first-order chi connectivity index (χ1) is 14.2. The summed E-state index contributed by atoms with van der Waals surface area (Å²) >= 11 is 1.69. The Labute approximate surface area is 172 Å². The van der Waals surface area contributed by atoms with E-state index in [1.165, 1.54) is 0 Å². The third-order valence-electron chi connectivity index (χ3n) is 5.11. The van der Waals surface area contributed by atoms with Gasteiger partial charge in [0.15, 0.2) is 11.4 Å². The van der Waals surface area contributed by atoms with Crippen LogP contribution in [0.4, 0.5) is 34.1 Å². The Hall–Kier alpha value is -3.27. The lowest BCUT2D eigenvalue weighted by molar-refractivity contribution is -0.965. The molecule has 0 radical (unpaired) electrons. The van der Waals surface area contributed by atoms with Gasteiger partial charge in [0.1, 0.15) is 0 Å². The standard InChI is InChI=1S/C20H19N7OS/c1-24-18-10-8-13(26-23-16-5-3-4-6-19(16)28-26)12-20(18)29-27(24)14-7-9-15-17(11-14)22-25(2)21-15/h3-12,21-22,26H,1-2H3. The van der Waals surface area contributed by atoms with E-state index in [0.29, 0.717) is 5.17 Å². The molecular formula is C20H19N7OS. The Morgan fingerprint density at radius 3 is 2.72 bits per heavy atom. The van der Waals surface area contributed by atoms with Crippen molar-refractivity contribution in [2.24, 2.45) is 0 Å². The molecule has 3 aromatic rings. The van der Waals surface area contributed by atoms with Gasteiger partial charge in [-0.25, -0.2) is 4.41 Å². The Morgan fingerprint density at radius 1 is 0.966 bits per heavy atom. The van der Waals surface area contributed by atoms with Crippen molar-refractivity contribution in [2.45, 2.75) is 4.90 Å². The first kappa shape index (κ1) is 16.7. The monoisotopic (exact) mass is 405 g/mol. The fraction of sp³-hybridized carbons (Fsp3) is 0.100. The maximum absolute atomic E-state index is 5.95. The minimum Gasteiger partial charge on any atom is -0.435 e. The summed E-state index contributed by atoms with van der Waals surface area (Å²) < 4.78 is 2.18. The number of fused-ring (bicyclic) bond motifs is 3. The normalized spacial score (nSPS) is 19.0. The lowest BCUT2D eigenvalue weighted by Crippen LogP contribution is -3.03. The maximum atomic E-state index is 5.95. The van der Waals surface area contributed by atoms with E-state index in [9.17, 15) is 0 Å². The van der Waals surface area contributed by atoms with Gasteiger partial charge in [0.05, 0.1) is 27.6 Å². The molecule has 9 heteroatoms. The topological polar surface area (TPSA) is 61.6 Å². The van der Waals surface area contributed by atoms with Gasteiger partial charge in [-0.1, -0.05) is 18.2 Å². The highest BCUT2D eigenvalue weighted by Crippen LogP contribution is 2.46. The van der Waals surface area contributed by atoms with Crippen LogP contribution in [0.15, 0.2) is 65.6 Å². The fourth-order valence-corrected chi connectivity index (χ4v) is 4.78. The molecule has 3 heterocycles. The van der Waals surface area contributed by atoms with Crippen molar-refractivity contribution in [3.63, 3.8) is 0 Å². The van der Waals surface area contributed by atoms with Crippen LogP contribution in [0.2, 0.25) is 0 Å². The molecular weight excluding hydrogens is 386 g/mol. The highest BCUT2D eigenvalue weighted by Gasteiger charge is 2.29. The van der Waals surface area contributed by atoms with Crippen LogP contribution < -0.4 is 30.3 Å². The molecule has 0 saturated carbocycles. The number of anilines is 4. The Bertz CT molecular complexity index is 1100. The number of nitrogens with one attached hydrogen (secondary N) is 3. The van der Waals surface area contributed by atoms with Crippen LogP contribution in [0, 0.1) is 0 Å². The molecule has 0 aliphatic carbocycles. The minimum atomic E-state index is 0.645. The van der Waals surface area contributed by atoms with E-state index in [1.807, 2.05) is 36.4 Å². The third kappa shape index (κ3) is 2.63. The lowest BCUT2D eigenvalue weighted by atomic mass is 10.2. The second-order valence-corrected chi connectivity index (χ2v) is 8.04. The quantitative estimate of drug-likeness (QED) is 0.563. The lowest BCUT2D eigenvalue weighted by Gasteiger charge is -2.26. The van der Waals surface area contributed by atoms with Crippen LogP contribution in [0.25, 0.3) is 5.43 Å². The molecule has 8 nitrogen and oxygen atoms in total. The van der Waals surface area contributed by atoms with Gasteiger partial charge in [-0.15, -0.1) is 5.12 Å². The smallest absolute Gasteiger partial charge is 0.179 e. The summed E-state index contributed by atoms with van der Waals surface area (Å²) in [7, 11) is 4.02. The summed E-state index contributed by atoms with van der Waals surface area (Å²) in [5.74, 6) is 0.804. The van der Waals surface area contributed by atoms with E-state index in [0.717, 1.165) is 44.8 Å². The number of nitrogens with zero attached hydrogens (tertiary/aromatic N) is 4. The zero-order valence-electron chi connectivity index (χ0n) is 15.9. The molecule has 146 valence electrons. The van der Waals surface area contributed by atoms with Crippen LogP contribution in [0.3, 0.4) is 0 Å². The maximum Gasteiger partial charge on any atom is 0.179 e. The Balaban J connectivity index is 1.27. The molecule has 0 saturated heterocycles. The van der Waals surface area contributed by atoms with Gasteiger partial charge in [0, 0.05) is 38.2 Å². The van der Waals surface area contributed by atoms with Crippen molar-refractivity contribution in [3.8, 4) is 5.75 Å². The van der Waals surface area contributed by atoms with Crippen LogP contribution in [-0.4, -0.2) is 19.2 Å². The molecule has 29 heavy (non-hydrogen) atoms. The number of rotatable bonds is 2. The van der Waals surface area contributed by atoms with E-state index in [4.69, 9.17) is 4.84 Å². The van der Waals surface area contributed by atoms with E-state index in [-0.39, 0.29) is 0 Å². The minimum absolute atomic E-state index is 0.645. The van der Waals surface area contributed by atoms with Crippen molar-refractivity contribution in [3.05, 3.63) is 66.1 Å². The molecule has 3 aliphatic heterocycles. The van der Waals surface area contributed by atoms with Gasteiger partial charge >= 0.3 is 0 Å². The average Bonchev–Trinajstić information content (AvgIpc) is 3.41. The van der Waals surface area contributed by atoms with Crippen LogP contribution in [-0.2, 0) is 0 Å². The number of para-hydroxylation sites is 2. The van der Waals surface area contributed by atoms with E-state index >= 15 is 0 Å². The summed E-state index contributed by atoms with van der Waals surface area (Å²) in [5, 5.41) is 4.65. The van der Waals surface area contributed by atoms with Crippen molar-refractivity contribution in [2.75, 3.05) is 34.4 Å². The van der Waals surface area contributed by atoms with Crippen molar-refractivity contribution in [1.29, 1.82) is 0 Å². The van der Waals surface area contributed by atoms with E-state index in [2.05, 4.69) is 69.1 Å². The Morgan fingerprint density at radius 2 is 1.83 bits per heavy atom. The number of hydrogen-bond donors (Lipinski definition) is 3. The first-order valence-electron chi connectivity index (χ1n) is 9.28. The molecule has 0 bridgehead atoms. The number of quaternary nitrogens is 1. The largest absolute Gasteiger partial charge is 0.435 e. The molecule has 3 N–H and O–H groups in total. The van der Waals surface area contributed by atoms with Gasteiger partial charge in [0.2, 0.25) is 0 Å². The van der Waals surface area contributed by atoms with Crippen LogP contribution >= 0.6 is 11.9 Å². The molecule has 6 rings (SSSR count). The first-order valence-corrected chi connectivity index (χ1v) is 10.1. The van der Waals surface area contributed by atoms with Crippen LogP contribution in [0.1, 0.15) is 0 Å². The summed E-state index contributed by atoms with van der Waals surface area (Å²) in [6.07, 6.45) is 0. The molecule has 0 amide bonds. The van der Waals surface area contributed by atoms with Crippen LogP contribution in [0.5, 0.6) is 5.75 Å². The van der Waals surface area contributed by atoms with Gasteiger partial charge in [-0.05, 0) is 36.0 Å². The summed E-state index contributed by atoms with van der Waals surface area (Å²) in [6.45, 7) is 0. The van der Waals surface area contributed by atoms with Gasteiger partial charge in [-0.2, -0.15) is 5.17 Å². The van der Waals surface area contributed by atoms with Crippen molar-refractivity contribution in [1.82, 2.24) is 5.12 Å². The molecule has 3 aromatic carbocycles. The summed E-state index contributed by atoms with van der Waals surface area (Å²) in [6, 6.07) is 20.5. The Kier molecular flexibility index (Phi) is 3.51. The predicted molar refractivity (Wildman–Crippen MR) is 115 cm³/mol. The molecule has 1 atom stereocenters. The molecule has 3 aliphatic rings. The second kappa shape index (κ2) is 6.11. The highest BCUT2D eigenvalue weighted by molar-refractivity contribution is 8.01. The number of benzene rings is 3. The number of hydrogen-bond acceptors (Lipinski definition) is 7. The SMILES string of the molecule is CN1Nc2ccc(N3Sc4cc([NH+]5[N-]c6ccccc6O5)ccc4N3C)cc2N1. The van der Waals surface area contributed by atoms with Crippen molar-refractivity contribution < 1.29 is 10.0 Å². The molecule has 0 aromatic heterocycles. The summed E-state index contributed by atoms with van der Waals surface area (Å²) in [5.41, 5.74) is 17.4. The zero-order valence-corrected chi connectivity index (χ0v) is 16.7. The zero-order chi connectivity index (χ0) is 19.5. The molecule has 0 fully saturated rings. The number of hydrazine groups is 3.